The van der Waals surface area contributed by atoms with Crippen molar-refractivity contribution >= 4 is 12.0 Å². The fourth-order valence-electron chi connectivity index (χ4n) is 2.49. The van der Waals surface area contributed by atoms with Crippen LogP contribution in [0.3, 0.4) is 0 Å². The van der Waals surface area contributed by atoms with Gasteiger partial charge in [0.25, 0.3) is 0 Å². The van der Waals surface area contributed by atoms with E-state index in [9.17, 15) is 4.79 Å². The molecule has 0 spiro atoms. The minimum Gasteiger partial charge on any atom is -0.493 e. The van der Waals surface area contributed by atoms with Crippen LogP contribution in [0.2, 0.25) is 0 Å². The molecule has 0 aliphatic rings. The van der Waals surface area contributed by atoms with Crippen LogP contribution in [0.25, 0.3) is 6.08 Å². The van der Waals surface area contributed by atoms with Crippen LogP contribution in [0.15, 0.2) is 61.2 Å². The van der Waals surface area contributed by atoms with E-state index in [2.05, 4.69) is 11.9 Å². The fourth-order valence-corrected chi connectivity index (χ4v) is 2.49. The second-order valence-corrected chi connectivity index (χ2v) is 6.34. The Hall–Kier alpha value is -3.21. The Morgan fingerprint density at radius 2 is 1.93 bits per heavy atom. The number of rotatable bonds is 10. The van der Waals surface area contributed by atoms with Crippen LogP contribution in [0.1, 0.15) is 25.0 Å². The Bertz CT molecular complexity index is 827. The van der Waals surface area contributed by atoms with Crippen LogP contribution in [-0.2, 0) is 11.3 Å². The summed E-state index contributed by atoms with van der Waals surface area (Å²) in [5.74, 6) is 1.82. The zero-order chi connectivity index (χ0) is 20.4. The molecule has 0 atom stereocenters. The van der Waals surface area contributed by atoms with Gasteiger partial charge in [-0.25, -0.2) is 0 Å². The van der Waals surface area contributed by atoms with E-state index in [1.807, 2.05) is 50.2 Å². The lowest BCUT2D eigenvalue weighted by Crippen LogP contribution is -2.21. The summed E-state index contributed by atoms with van der Waals surface area (Å²) in [6.07, 6.45) is 4.96. The summed E-state index contributed by atoms with van der Waals surface area (Å²) in [6, 6.07) is 13.2. The molecule has 0 radical (unpaired) electrons. The lowest BCUT2D eigenvalue weighted by Gasteiger charge is -2.14. The molecule has 0 aliphatic carbocycles. The minimum atomic E-state index is -0.190. The molecule has 0 saturated heterocycles. The molecule has 0 fully saturated rings. The Balaban J connectivity index is 1.98. The second kappa shape index (κ2) is 10.8. The highest BCUT2D eigenvalue weighted by molar-refractivity contribution is 5.91. The molecule has 0 aromatic heterocycles. The molecule has 0 saturated carbocycles. The molecule has 0 bridgehead atoms. The summed E-state index contributed by atoms with van der Waals surface area (Å²) in [4.78, 5) is 12.2. The normalized spacial score (nSPS) is 10.7. The highest BCUT2D eigenvalue weighted by atomic mass is 16.5. The van der Waals surface area contributed by atoms with Crippen LogP contribution in [0, 0.1) is 0 Å². The largest absolute Gasteiger partial charge is 0.493 e. The molecule has 0 heterocycles. The van der Waals surface area contributed by atoms with Gasteiger partial charge >= 0.3 is 0 Å². The van der Waals surface area contributed by atoms with Crippen molar-refractivity contribution in [2.45, 2.75) is 26.5 Å². The van der Waals surface area contributed by atoms with E-state index in [4.69, 9.17) is 14.2 Å². The van der Waals surface area contributed by atoms with Gasteiger partial charge in [0.1, 0.15) is 12.4 Å². The molecule has 5 heteroatoms. The third-order valence-corrected chi connectivity index (χ3v) is 3.76. The maximum absolute atomic E-state index is 12.2. The number of para-hydroxylation sites is 1. The minimum absolute atomic E-state index is 0.0742. The Morgan fingerprint density at radius 3 is 2.64 bits per heavy atom. The van der Waals surface area contributed by atoms with E-state index < -0.39 is 0 Å². The van der Waals surface area contributed by atoms with Gasteiger partial charge in [-0.05, 0) is 43.7 Å². The number of carbonyl (C=O) groups excluding carboxylic acids is 1. The number of amides is 1. The molecule has 2 aromatic rings. The number of hydrogen-bond donors (Lipinski definition) is 1. The van der Waals surface area contributed by atoms with Crippen LogP contribution >= 0.6 is 0 Å². The molecule has 2 aromatic carbocycles. The number of methoxy groups -OCH3 is 1. The first-order valence-electron chi connectivity index (χ1n) is 9.15. The van der Waals surface area contributed by atoms with Crippen LogP contribution in [0.4, 0.5) is 0 Å². The number of ether oxygens (including phenoxy) is 3. The Kier molecular flexibility index (Phi) is 8.15. The van der Waals surface area contributed by atoms with Gasteiger partial charge in [0, 0.05) is 18.2 Å². The van der Waals surface area contributed by atoms with Gasteiger partial charge in [0.05, 0.1) is 13.2 Å². The van der Waals surface area contributed by atoms with Gasteiger partial charge in [-0.15, -0.1) is 0 Å². The number of carbonyl (C=O) groups is 1. The Morgan fingerprint density at radius 1 is 1.14 bits per heavy atom. The van der Waals surface area contributed by atoms with Crippen LogP contribution < -0.4 is 19.5 Å². The molecular weight excluding hydrogens is 354 g/mol. The lowest BCUT2D eigenvalue weighted by atomic mass is 10.1. The van der Waals surface area contributed by atoms with Crippen molar-refractivity contribution in [1.82, 2.24) is 5.32 Å². The zero-order valence-corrected chi connectivity index (χ0v) is 16.6. The quantitative estimate of drug-likeness (QED) is 0.490. The maximum Gasteiger partial charge on any atom is 0.244 e. The van der Waals surface area contributed by atoms with Gasteiger partial charge in [-0.3, -0.25) is 4.79 Å². The van der Waals surface area contributed by atoms with E-state index in [0.717, 1.165) is 16.9 Å². The van der Waals surface area contributed by atoms with E-state index >= 15 is 0 Å². The predicted octanol–water partition coefficient (Wildman–Crippen LogP) is 4.38. The molecular formula is C23H27NO4. The molecule has 5 nitrogen and oxygen atoms in total. The molecule has 1 amide bonds. The summed E-state index contributed by atoms with van der Waals surface area (Å²) in [5, 5.41) is 2.88. The van der Waals surface area contributed by atoms with E-state index in [0.29, 0.717) is 24.7 Å². The van der Waals surface area contributed by atoms with Crippen molar-refractivity contribution in [3.63, 3.8) is 0 Å². The molecule has 0 unspecified atom stereocenters. The zero-order valence-electron chi connectivity index (χ0n) is 16.6. The Labute approximate surface area is 166 Å². The molecule has 148 valence electrons. The SMILES string of the molecule is C=CCOc1ccc(C=CC(=O)NCc2ccccc2OC(C)C)cc1OC. The van der Waals surface area contributed by atoms with E-state index in [1.54, 1.807) is 25.3 Å². The van der Waals surface area contributed by atoms with Crippen molar-refractivity contribution in [2.24, 2.45) is 0 Å². The first-order valence-corrected chi connectivity index (χ1v) is 9.15. The molecule has 2 rings (SSSR count). The summed E-state index contributed by atoms with van der Waals surface area (Å²) in [5.41, 5.74) is 1.77. The first-order chi connectivity index (χ1) is 13.5. The summed E-state index contributed by atoms with van der Waals surface area (Å²) in [6.45, 7) is 8.36. The molecule has 1 N–H and O–H groups in total. The van der Waals surface area contributed by atoms with Crippen LogP contribution in [-0.4, -0.2) is 25.7 Å². The van der Waals surface area contributed by atoms with Gasteiger partial charge in [0.2, 0.25) is 5.91 Å². The average molecular weight is 381 g/mol. The summed E-state index contributed by atoms with van der Waals surface area (Å²) >= 11 is 0. The first kappa shape index (κ1) is 21.1. The standard InChI is InChI=1S/C23H27NO4/c1-5-14-27-21-12-10-18(15-22(21)26-4)11-13-23(25)24-16-19-8-6-7-9-20(19)28-17(2)3/h5-13,15,17H,1,14,16H2,2-4H3,(H,24,25). The van der Waals surface area contributed by atoms with E-state index in [1.165, 1.54) is 6.08 Å². The van der Waals surface area contributed by atoms with Gasteiger partial charge in [-0.2, -0.15) is 0 Å². The number of hydrogen-bond acceptors (Lipinski definition) is 4. The number of benzene rings is 2. The van der Waals surface area contributed by atoms with Crippen molar-refractivity contribution in [1.29, 1.82) is 0 Å². The van der Waals surface area contributed by atoms with Gasteiger partial charge in [-0.1, -0.05) is 36.9 Å². The van der Waals surface area contributed by atoms with Crippen molar-refractivity contribution in [3.05, 3.63) is 72.3 Å². The second-order valence-electron chi connectivity index (χ2n) is 6.34. The molecule has 0 aliphatic heterocycles. The van der Waals surface area contributed by atoms with Gasteiger partial charge in [0.15, 0.2) is 11.5 Å². The van der Waals surface area contributed by atoms with Gasteiger partial charge < -0.3 is 19.5 Å². The summed E-state index contributed by atoms with van der Waals surface area (Å²) < 4.78 is 16.6. The average Bonchev–Trinajstić information content (AvgIpc) is 2.69. The highest BCUT2D eigenvalue weighted by Crippen LogP contribution is 2.28. The fraction of sp³-hybridized carbons (Fsp3) is 0.261. The van der Waals surface area contributed by atoms with Crippen molar-refractivity contribution < 1.29 is 19.0 Å². The van der Waals surface area contributed by atoms with Crippen LogP contribution in [0.5, 0.6) is 17.2 Å². The topological polar surface area (TPSA) is 56.8 Å². The summed E-state index contributed by atoms with van der Waals surface area (Å²) in [7, 11) is 1.58. The van der Waals surface area contributed by atoms with Crippen molar-refractivity contribution in [2.75, 3.05) is 13.7 Å². The van der Waals surface area contributed by atoms with E-state index in [-0.39, 0.29) is 12.0 Å². The third-order valence-electron chi connectivity index (χ3n) is 3.76. The number of nitrogens with one attached hydrogen (secondary N) is 1. The monoisotopic (exact) mass is 381 g/mol. The predicted molar refractivity (Wildman–Crippen MR) is 112 cm³/mol. The maximum atomic E-state index is 12.2. The lowest BCUT2D eigenvalue weighted by molar-refractivity contribution is -0.116. The highest BCUT2D eigenvalue weighted by Gasteiger charge is 2.07. The third kappa shape index (κ3) is 6.50. The molecule has 28 heavy (non-hydrogen) atoms. The van der Waals surface area contributed by atoms with Crippen molar-refractivity contribution in [3.8, 4) is 17.2 Å². The smallest absolute Gasteiger partial charge is 0.244 e.